The maximum Gasteiger partial charge on any atom is 0.239 e. The van der Waals surface area contributed by atoms with Crippen molar-refractivity contribution < 1.29 is 9.53 Å². The van der Waals surface area contributed by atoms with Crippen LogP contribution in [0.25, 0.3) is 0 Å². The van der Waals surface area contributed by atoms with E-state index in [4.69, 9.17) is 16.3 Å². The van der Waals surface area contributed by atoms with E-state index in [1.54, 1.807) is 14.2 Å². The Hall–Kier alpha value is -2.93. The van der Waals surface area contributed by atoms with Gasteiger partial charge in [-0.25, -0.2) is 0 Å². The summed E-state index contributed by atoms with van der Waals surface area (Å²) in [5.74, 6) is 1.45. The van der Waals surface area contributed by atoms with E-state index in [0.29, 0.717) is 6.54 Å². The summed E-state index contributed by atoms with van der Waals surface area (Å²) in [6.45, 7) is 4.02. The molecule has 0 atom stereocenters. The number of hydrogen-bond acceptors (Lipinski definition) is 4. The molecule has 2 aromatic rings. The second-order valence-electron chi connectivity index (χ2n) is 6.98. The van der Waals surface area contributed by atoms with Crippen LogP contribution in [0, 0.1) is 0 Å². The van der Waals surface area contributed by atoms with Crippen LogP contribution in [0.15, 0.2) is 53.5 Å². The molecular weight excluding hydrogens is 402 g/mol. The zero-order valence-electron chi connectivity index (χ0n) is 17.4. The number of hydrogen-bond donors (Lipinski definition) is 2. The Kier molecular flexibility index (Phi) is 7.79. The third kappa shape index (κ3) is 6.03. The first-order chi connectivity index (χ1) is 14.6. The van der Waals surface area contributed by atoms with Crippen molar-refractivity contribution in [2.75, 3.05) is 51.8 Å². The molecule has 30 heavy (non-hydrogen) atoms. The Bertz CT molecular complexity index is 864. The second kappa shape index (κ2) is 10.7. The summed E-state index contributed by atoms with van der Waals surface area (Å²) in [7, 11) is 3.37. The number of halogens is 1. The quantitative estimate of drug-likeness (QED) is 0.545. The SMILES string of the molecule is CN=C(NCC(=O)NCc1ccc(OC)cc1)N1CCN(c2cccc(Cl)c2)CC1. The van der Waals surface area contributed by atoms with E-state index in [1.807, 2.05) is 42.5 Å². The largest absolute Gasteiger partial charge is 0.497 e. The molecule has 2 aromatic carbocycles. The first-order valence-electron chi connectivity index (χ1n) is 9.95. The Labute approximate surface area is 182 Å². The molecule has 2 N–H and O–H groups in total. The molecule has 1 aliphatic heterocycles. The van der Waals surface area contributed by atoms with E-state index in [1.165, 1.54) is 0 Å². The van der Waals surface area contributed by atoms with Crippen molar-refractivity contribution in [1.82, 2.24) is 15.5 Å². The molecule has 1 saturated heterocycles. The number of piperazine rings is 1. The van der Waals surface area contributed by atoms with E-state index in [0.717, 1.165) is 54.2 Å². The van der Waals surface area contributed by atoms with Crippen molar-refractivity contribution in [3.05, 3.63) is 59.1 Å². The molecule has 160 valence electrons. The molecule has 0 saturated carbocycles. The third-order valence-electron chi connectivity index (χ3n) is 5.02. The molecule has 3 rings (SSSR count). The third-order valence-corrected chi connectivity index (χ3v) is 5.26. The molecule has 8 heteroatoms. The minimum atomic E-state index is -0.0791. The molecule has 0 bridgehead atoms. The minimum Gasteiger partial charge on any atom is -0.497 e. The van der Waals surface area contributed by atoms with Gasteiger partial charge in [-0.1, -0.05) is 29.8 Å². The maximum absolute atomic E-state index is 12.2. The van der Waals surface area contributed by atoms with Crippen LogP contribution in [0.5, 0.6) is 5.75 Å². The molecule has 0 aliphatic carbocycles. The smallest absolute Gasteiger partial charge is 0.239 e. The van der Waals surface area contributed by atoms with Crippen molar-refractivity contribution in [3.63, 3.8) is 0 Å². The first-order valence-corrected chi connectivity index (χ1v) is 10.3. The zero-order valence-corrected chi connectivity index (χ0v) is 18.2. The van der Waals surface area contributed by atoms with E-state index in [9.17, 15) is 4.79 Å². The van der Waals surface area contributed by atoms with Gasteiger partial charge in [0, 0.05) is 50.5 Å². The number of guanidine groups is 1. The molecule has 1 amide bonds. The van der Waals surface area contributed by atoms with Crippen LogP contribution in [0.1, 0.15) is 5.56 Å². The topological polar surface area (TPSA) is 69.2 Å². The van der Waals surface area contributed by atoms with Gasteiger partial charge in [-0.05, 0) is 35.9 Å². The van der Waals surface area contributed by atoms with Crippen LogP contribution < -0.4 is 20.3 Å². The number of aliphatic imine (C=N–C) groups is 1. The van der Waals surface area contributed by atoms with Gasteiger partial charge in [0.25, 0.3) is 0 Å². The summed E-state index contributed by atoms with van der Waals surface area (Å²) in [5.41, 5.74) is 2.15. The highest BCUT2D eigenvalue weighted by atomic mass is 35.5. The fourth-order valence-electron chi connectivity index (χ4n) is 3.35. The molecule has 0 aromatic heterocycles. The summed E-state index contributed by atoms with van der Waals surface area (Å²) in [6.07, 6.45) is 0. The number of carbonyl (C=O) groups excluding carboxylic acids is 1. The zero-order chi connectivity index (χ0) is 21.3. The molecule has 1 aliphatic rings. The number of benzene rings is 2. The number of amides is 1. The normalized spacial score (nSPS) is 14.4. The average molecular weight is 430 g/mol. The van der Waals surface area contributed by atoms with E-state index >= 15 is 0 Å². The lowest BCUT2D eigenvalue weighted by atomic mass is 10.2. The predicted octanol–water partition coefficient (Wildman–Crippen LogP) is 2.36. The van der Waals surface area contributed by atoms with Gasteiger partial charge < -0.3 is 25.2 Å². The fraction of sp³-hybridized carbons (Fsp3) is 0.364. The monoisotopic (exact) mass is 429 g/mol. The van der Waals surface area contributed by atoms with Gasteiger partial charge in [-0.3, -0.25) is 9.79 Å². The summed E-state index contributed by atoms with van der Waals surface area (Å²) >= 11 is 6.11. The van der Waals surface area contributed by atoms with Crippen molar-refractivity contribution in [3.8, 4) is 5.75 Å². The Morgan fingerprint density at radius 3 is 2.47 bits per heavy atom. The van der Waals surface area contributed by atoms with Crippen molar-refractivity contribution >= 4 is 29.2 Å². The summed E-state index contributed by atoms with van der Waals surface area (Å²) in [6, 6.07) is 15.5. The van der Waals surface area contributed by atoms with Crippen LogP contribution in [0.4, 0.5) is 5.69 Å². The number of rotatable bonds is 6. The van der Waals surface area contributed by atoms with Crippen LogP contribution >= 0.6 is 11.6 Å². The van der Waals surface area contributed by atoms with Gasteiger partial charge in [0.15, 0.2) is 5.96 Å². The van der Waals surface area contributed by atoms with Crippen molar-refractivity contribution in [2.45, 2.75) is 6.54 Å². The second-order valence-corrected chi connectivity index (χ2v) is 7.42. The highest BCUT2D eigenvalue weighted by Crippen LogP contribution is 2.20. The van der Waals surface area contributed by atoms with Gasteiger partial charge in [0.05, 0.1) is 13.7 Å². The van der Waals surface area contributed by atoms with Gasteiger partial charge in [-0.2, -0.15) is 0 Å². The molecule has 0 unspecified atom stereocenters. The number of nitrogens with zero attached hydrogens (tertiary/aromatic N) is 3. The van der Waals surface area contributed by atoms with Crippen molar-refractivity contribution in [2.24, 2.45) is 4.99 Å². The minimum absolute atomic E-state index is 0.0791. The van der Waals surface area contributed by atoms with Gasteiger partial charge in [0.2, 0.25) is 5.91 Å². The molecular formula is C22H28ClN5O2. The lowest BCUT2D eigenvalue weighted by Crippen LogP contribution is -2.53. The highest BCUT2D eigenvalue weighted by molar-refractivity contribution is 6.30. The lowest BCUT2D eigenvalue weighted by Gasteiger charge is -2.37. The molecule has 0 spiro atoms. The fourth-order valence-corrected chi connectivity index (χ4v) is 3.53. The van der Waals surface area contributed by atoms with E-state index < -0.39 is 0 Å². The summed E-state index contributed by atoms with van der Waals surface area (Å²) in [5, 5.41) is 6.82. The number of anilines is 1. The highest BCUT2D eigenvalue weighted by Gasteiger charge is 2.20. The van der Waals surface area contributed by atoms with Crippen LogP contribution in [0.3, 0.4) is 0 Å². The van der Waals surface area contributed by atoms with Gasteiger partial charge in [-0.15, -0.1) is 0 Å². The van der Waals surface area contributed by atoms with Gasteiger partial charge >= 0.3 is 0 Å². The lowest BCUT2D eigenvalue weighted by molar-refractivity contribution is -0.120. The summed E-state index contributed by atoms with van der Waals surface area (Å²) < 4.78 is 5.14. The number of methoxy groups -OCH3 is 1. The van der Waals surface area contributed by atoms with E-state index in [-0.39, 0.29) is 12.5 Å². The molecule has 1 fully saturated rings. The summed E-state index contributed by atoms with van der Waals surface area (Å²) in [4.78, 5) is 21.0. The molecule has 7 nitrogen and oxygen atoms in total. The Morgan fingerprint density at radius 1 is 1.10 bits per heavy atom. The number of ether oxygens (including phenoxy) is 1. The van der Waals surface area contributed by atoms with Crippen LogP contribution in [-0.4, -0.2) is 63.6 Å². The Morgan fingerprint density at radius 2 is 1.83 bits per heavy atom. The van der Waals surface area contributed by atoms with Crippen LogP contribution in [0.2, 0.25) is 5.02 Å². The van der Waals surface area contributed by atoms with Crippen molar-refractivity contribution in [1.29, 1.82) is 0 Å². The molecule has 1 heterocycles. The maximum atomic E-state index is 12.2. The number of nitrogens with one attached hydrogen (secondary N) is 2. The first kappa shape index (κ1) is 21.8. The van der Waals surface area contributed by atoms with E-state index in [2.05, 4.69) is 31.5 Å². The van der Waals surface area contributed by atoms with Gasteiger partial charge in [0.1, 0.15) is 5.75 Å². The molecule has 0 radical (unpaired) electrons. The predicted molar refractivity (Wildman–Crippen MR) is 121 cm³/mol. The Balaban J connectivity index is 1.42. The standard InChI is InChI=1S/C22H28ClN5O2/c1-24-22(26-16-21(29)25-15-17-6-8-20(30-2)9-7-17)28-12-10-27(11-13-28)19-5-3-4-18(23)14-19/h3-9,14H,10-13,15-16H2,1-2H3,(H,24,26)(H,25,29). The average Bonchev–Trinajstić information content (AvgIpc) is 2.79. The van der Waals surface area contributed by atoms with Crippen LogP contribution in [-0.2, 0) is 11.3 Å². The number of carbonyl (C=O) groups is 1.